The Morgan fingerprint density at radius 2 is 1.53 bits per heavy atom. The summed E-state index contributed by atoms with van der Waals surface area (Å²) in [5.41, 5.74) is 15.1. The Hall–Kier alpha value is -6.55. The lowest BCUT2D eigenvalue weighted by atomic mass is 9.67. The molecule has 334 valence electrons. The first-order valence-corrected chi connectivity index (χ1v) is 22.5. The second-order valence-electron chi connectivity index (χ2n) is 18.2. The van der Waals surface area contributed by atoms with Crippen LogP contribution in [0.15, 0.2) is 83.4 Å². The number of carbonyl (C=O) groups is 6. The summed E-state index contributed by atoms with van der Waals surface area (Å²) >= 11 is 0. The number of fused-ring (bicyclic) bond motifs is 1. The van der Waals surface area contributed by atoms with Gasteiger partial charge in [-0.05, 0) is 123 Å². The van der Waals surface area contributed by atoms with Crippen molar-refractivity contribution in [3.05, 3.63) is 95.1 Å². The van der Waals surface area contributed by atoms with Crippen molar-refractivity contribution in [2.45, 2.75) is 82.3 Å². The average Bonchev–Trinajstić information content (AvgIpc) is 3.53. The van der Waals surface area contributed by atoms with Gasteiger partial charge in [-0.1, -0.05) is 18.2 Å². The molecular weight excluding hydrogens is 815 g/mol. The van der Waals surface area contributed by atoms with Crippen LogP contribution in [0.25, 0.3) is 5.70 Å². The zero-order chi connectivity index (χ0) is 44.5. The number of amidine groups is 1. The molecule has 1 saturated carbocycles. The number of hydrogen-bond acceptors (Lipinski definition) is 12. The molecule has 1 aliphatic carbocycles. The predicted octanol–water partition coefficient (Wildman–Crippen LogP) is 3.78. The molecule has 6 amide bonds. The summed E-state index contributed by atoms with van der Waals surface area (Å²) in [5.74, 6) is -0.421. The number of amides is 6. The number of aliphatic imine (C=N–C) groups is 1. The van der Waals surface area contributed by atoms with Gasteiger partial charge in [0.05, 0.1) is 16.8 Å². The summed E-state index contributed by atoms with van der Waals surface area (Å²) in [6.45, 7) is 4.64. The molecule has 5 aliphatic heterocycles. The van der Waals surface area contributed by atoms with E-state index in [0.29, 0.717) is 54.9 Å². The van der Waals surface area contributed by atoms with Crippen molar-refractivity contribution in [3.63, 3.8) is 0 Å². The summed E-state index contributed by atoms with van der Waals surface area (Å²) in [5, 5.41) is 9.30. The number of carbonyl (C=O) groups excluding carboxylic acids is 6. The van der Waals surface area contributed by atoms with Crippen LogP contribution in [-0.4, -0.2) is 113 Å². The molecule has 3 saturated heterocycles. The molecule has 64 heavy (non-hydrogen) atoms. The molecule has 1 unspecified atom stereocenters. The normalized spacial score (nSPS) is 23.1. The zero-order valence-corrected chi connectivity index (χ0v) is 35.9. The van der Waals surface area contributed by atoms with Crippen LogP contribution in [-0.2, 0) is 19.2 Å². The maximum Gasteiger partial charge on any atom is 0.262 e. The number of piperidine rings is 2. The highest BCUT2D eigenvalue weighted by Crippen LogP contribution is 2.44. The fourth-order valence-corrected chi connectivity index (χ4v) is 10.5. The van der Waals surface area contributed by atoms with E-state index >= 15 is 0 Å². The van der Waals surface area contributed by atoms with Crippen LogP contribution in [0.4, 0.5) is 5.69 Å². The minimum Gasteiger partial charge on any atom is -0.457 e. The Morgan fingerprint density at radius 3 is 2.23 bits per heavy atom. The van der Waals surface area contributed by atoms with E-state index in [2.05, 4.69) is 25.8 Å². The van der Waals surface area contributed by atoms with E-state index in [1.54, 1.807) is 36.4 Å². The minimum atomic E-state index is -0.987. The Labute approximate surface area is 371 Å². The SMILES string of the molecule is NC(=O)/C(C1=NCC[C@@H](C2CCN(C(=O)CCN3CC4(CCC(Nc5ccc6c(c5)C(=O)N(C5CCC(=O)NC5=O)C6=O)CC4)C3)CC2)N1)=C(/N)c1ccc(Oc2ccccc2)cc1. The van der Waals surface area contributed by atoms with Gasteiger partial charge < -0.3 is 36.6 Å². The van der Waals surface area contributed by atoms with E-state index in [-0.39, 0.29) is 58.6 Å². The lowest BCUT2D eigenvalue weighted by Crippen LogP contribution is -2.58. The van der Waals surface area contributed by atoms with E-state index in [1.807, 2.05) is 41.3 Å². The number of anilines is 1. The Bertz CT molecular complexity index is 2390. The first-order valence-electron chi connectivity index (χ1n) is 22.5. The number of nitrogens with two attached hydrogens (primary N) is 2. The summed E-state index contributed by atoms with van der Waals surface area (Å²) in [6, 6.07) is 21.1. The molecule has 7 N–H and O–H groups in total. The van der Waals surface area contributed by atoms with E-state index in [0.717, 1.165) is 75.2 Å². The summed E-state index contributed by atoms with van der Waals surface area (Å²) < 4.78 is 5.90. The highest BCUT2D eigenvalue weighted by atomic mass is 16.5. The van der Waals surface area contributed by atoms with Crippen LogP contribution < -0.4 is 32.2 Å². The van der Waals surface area contributed by atoms with Crippen LogP contribution in [0.1, 0.15) is 90.5 Å². The molecular formula is C48H55N9O7. The van der Waals surface area contributed by atoms with Crippen molar-refractivity contribution in [2.24, 2.45) is 27.8 Å². The van der Waals surface area contributed by atoms with Gasteiger partial charge in [0.1, 0.15) is 28.9 Å². The van der Waals surface area contributed by atoms with Gasteiger partial charge >= 0.3 is 0 Å². The maximum absolute atomic E-state index is 13.4. The predicted molar refractivity (Wildman–Crippen MR) is 239 cm³/mol. The lowest BCUT2D eigenvalue weighted by Gasteiger charge is -2.54. The van der Waals surface area contributed by atoms with Crippen LogP contribution in [0, 0.1) is 11.3 Å². The molecule has 9 rings (SSSR count). The third-order valence-corrected chi connectivity index (χ3v) is 14.0. The number of benzene rings is 3. The van der Waals surface area contributed by atoms with Crippen molar-refractivity contribution in [1.29, 1.82) is 0 Å². The van der Waals surface area contributed by atoms with Crippen molar-refractivity contribution >= 4 is 52.7 Å². The highest BCUT2D eigenvalue weighted by molar-refractivity contribution is 6.25. The number of nitrogens with one attached hydrogen (secondary N) is 3. The van der Waals surface area contributed by atoms with E-state index < -0.39 is 35.6 Å². The smallest absolute Gasteiger partial charge is 0.262 e. The number of hydrogen-bond donors (Lipinski definition) is 5. The first-order chi connectivity index (χ1) is 30.9. The molecule has 3 aromatic rings. The van der Waals surface area contributed by atoms with E-state index in [1.165, 1.54) is 0 Å². The molecule has 16 nitrogen and oxygen atoms in total. The highest BCUT2D eigenvalue weighted by Gasteiger charge is 2.46. The quantitative estimate of drug-likeness (QED) is 0.130. The molecule has 3 aromatic carbocycles. The molecule has 4 fully saturated rings. The van der Waals surface area contributed by atoms with Crippen LogP contribution >= 0.6 is 0 Å². The van der Waals surface area contributed by atoms with Gasteiger partial charge in [-0.2, -0.15) is 0 Å². The monoisotopic (exact) mass is 869 g/mol. The van der Waals surface area contributed by atoms with Gasteiger partial charge in [-0.3, -0.25) is 44.0 Å². The number of nitrogens with zero attached hydrogens (tertiary/aromatic N) is 4. The standard InChI is InChI=1S/C48H55N9O7/c49-42(30-6-9-34(10-7-30)64-33-4-2-1-3-5-33)41(43(50)60)44-51-22-16-37(53-44)29-17-24-56(25-18-29)40(59)19-23-55-27-48(28-55)20-14-31(15-21-48)52-32-8-11-35-36(26-32)47(63)57(46(35)62)38-12-13-39(58)54-45(38)61/h1-11,26,29,31,37-38,52H,12-25,27-28,49H2,(H2,50,60)(H,51,53)(H,54,58,61)/b42-41-/t37-,38?/m0/s1. The molecule has 0 radical (unpaired) electrons. The largest absolute Gasteiger partial charge is 0.457 e. The van der Waals surface area contributed by atoms with Crippen molar-refractivity contribution in [1.82, 2.24) is 25.3 Å². The number of imide groups is 2. The Kier molecular flexibility index (Phi) is 12.0. The second kappa shape index (κ2) is 17.9. The average molecular weight is 870 g/mol. The number of primary amides is 1. The fraction of sp³-hybridized carbons (Fsp3) is 0.438. The third kappa shape index (κ3) is 8.83. The Morgan fingerprint density at radius 1 is 0.828 bits per heavy atom. The molecule has 2 atom stereocenters. The van der Waals surface area contributed by atoms with Crippen LogP contribution in [0.3, 0.4) is 0 Å². The zero-order valence-electron chi connectivity index (χ0n) is 35.9. The van der Waals surface area contributed by atoms with Gasteiger partial charge in [-0.25, -0.2) is 0 Å². The van der Waals surface area contributed by atoms with Crippen molar-refractivity contribution < 1.29 is 33.5 Å². The second-order valence-corrected chi connectivity index (χ2v) is 18.2. The number of rotatable bonds is 12. The topological polar surface area (TPSA) is 222 Å². The molecule has 16 heteroatoms. The maximum atomic E-state index is 13.4. The first kappa shape index (κ1) is 42.7. The van der Waals surface area contributed by atoms with Gasteiger partial charge in [0.15, 0.2) is 0 Å². The molecule has 0 bridgehead atoms. The van der Waals surface area contributed by atoms with Gasteiger partial charge in [0.25, 0.3) is 17.7 Å². The summed E-state index contributed by atoms with van der Waals surface area (Å²) in [6.07, 6.45) is 7.31. The molecule has 1 spiro atoms. The lowest BCUT2D eigenvalue weighted by molar-refractivity contribution is -0.136. The molecule has 6 aliphatic rings. The fourth-order valence-electron chi connectivity index (χ4n) is 10.5. The number of para-hydroxylation sites is 1. The van der Waals surface area contributed by atoms with Gasteiger partial charge in [0, 0.05) is 69.9 Å². The number of likely N-dealkylation sites (tertiary alicyclic amines) is 2. The third-order valence-electron chi connectivity index (χ3n) is 14.0. The number of ether oxygens (including phenoxy) is 1. The Balaban J connectivity index is 0.698. The minimum absolute atomic E-state index is 0.0808. The van der Waals surface area contributed by atoms with Gasteiger partial charge in [0.2, 0.25) is 17.7 Å². The molecule has 0 aromatic heterocycles. The molecule has 5 heterocycles. The summed E-state index contributed by atoms with van der Waals surface area (Å²) in [7, 11) is 0. The van der Waals surface area contributed by atoms with Gasteiger partial charge in [-0.15, -0.1) is 0 Å². The van der Waals surface area contributed by atoms with E-state index in [4.69, 9.17) is 16.2 Å². The van der Waals surface area contributed by atoms with Crippen LogP contribution in [0.2, 0.25) is 0 Å². The summed E-state index contributed by atoms with van der Waals surface area (Å²) in [4.78, 5) is 86.6. The van der Waals surface area contributed by atoms with Crippen LogP contribution in [0.5, 0.6) is 11.5 Å². The van der Waals surface area contributed by atoms with Crippen molar-refractivity contribution in [3.8, 4) is 11.5 Å². The van der Waals surface area contributed by atoms with Crippen molar-refractivity contribution in [2.75, 3.05) is 44.6 Å². The van der Waals surface area contributed by atoms with E-state index in [9.17, 15) is 28.8 Å².